The molecule has 0 fully saturated rings. The van der Waals surface area contributed by atoms with Crippen LogP contribution in [0.5, 0.6) is 0 Å². The first-order chi connectivity index (χ1) is 47.1. The highest BCUT2D eigenvalue weighted by molar-refractivity contribution is 5.70. The van der Waals surface area contributed by atoms with Gasteiger partial charge in [-0.2, -0.15) is 0 Å². The van der Waals surface area contributed by atoms with Gasteiger partial charge in [0.2, 0.25) is 0 Å². The molecule has 5 nitrogen and oxygen atoms in total. The Morgan fingerprint density at radius 1 is 0.253 bits per heavy atom. The Morgan fingerprint density at radius 3 is 0.684 bits per heavy atom. The van der Waals surface area contributed by atoms with Crippen molar-refractivity contribution in [2.45, 2.75) is 502 Å². The van der Waals surface area contributed by atoms with E-state index in [1.807, 2.05) is 0 Å². The summed E-state index contributed by atoms with van der Waals surface area (Å²) in [7, 11) is 0. The van der Waals surface area contributed by atoms with Crippen molar-refractivity contribution in [2.75, 3.05) is 13.2 Å². The number of esters is 2. The summed E-state index contributed by atoms with van der Waals surface area (Å²) in [6, 6.07) is 0. The molecule has 0 rings (SSSR count). The molecule has 0 aromatic heterocycles. The van der Waals surface area contributed by atoms with E-state index in [1.165, 1.54) is 411 Å². The van der Waals surface area contributed by atoms with E-state index in [0.29, 0.717) is 12.8 Å². The molecule has 0 bridgehead atoms. The third-order valence-corrected chi connectivity index (χ3v) is 20.4. The van der Waals surface area contributed by atoms with Crippen LogP contribution in [-0.4, -0.2) is 36.4 Å². The van der Waals surface area contributed by atoms with E-state index < -0.39 is 6.10 Å². The van der Waals surface area contributed by atoms with Crippen LogP contribution >= 0.6 is 0 Å². The van der Waals surface area contributed by atoms with Crippen LogP contribution in [0.25, 0.3) is 0 Å². The van der Waals surface area contributed by atoms with Crippen LogP contribution in [-0.2, 0) is 19.1 Å². The highest BCUT2D eigenvalue weighted by atomic mass is 16.6. The molecule has 0 heterocycles. The number of aliphatic hydroxyl groups is 1. The van der Waals surface area contributed by atoms with Crippen LogP contribution in [0, 0.1) is 0 Å². The number of allylic oxidation sites excluding steroid dienone is 8. The smallest absolute Gasteiger partial charge is 0.306 e. The summed E-state index contributed by atoms with van der Waals surface area (Å²) in [6.07, 6.45) is 118. The van der Waals surface area contributed by atoms with Gasteiger partial charge in [-0.15, -0.1) is 0 Å². The Balaban J connectivity index is 3.33. The molecule has 0 aliphatic heterocycles. The fourth-order valence-electron chi connectivity index (χ4n) is 13.9. The number of ether oxygens (including phenoxy) is 2. The zero-order valence-corrected chi connectivity index (χ0v) is 64.7. The standard InChI is InChI=1S/C90H170O5/c1-3-5-7-9-11-13-15-17-19-21-23-25-27-29-31-33-35-37-39-41-43-45-47-49-51-53-55-57-59-61-63-65-67-69-71-73-75-77-79-81-83-85-90(93)95-88(86-91)87-94-89(92)84-82-80-78-76-74-72-70-68-66-64-62-60-58-56-54-52-50-48-46-44-42-40-38-36-34-32-30-28-26-24-22-20-18-16-14-12-10-8-6-4-2/h5,7,11,13,17,19,23,25,88,91H,3-4,6,8-10,12,14-16,18,20-22,24,26-87H2,1-2H3/b7-5-,13-11-,19-17-,25-23-. The highest BCUT2D eigenvalue weighted by Crippen LogP contribution is 2.21. The maximum atomic E-state index is 12.4. The van der Waals surface area contributed by atoms with E-state index in [4.69, 9.17) is 9.47 Å². The molecule has 0 aliphatic carbocycles. The van der Waals surface area contributed by atoms with Gasteiger partial charge in [0.1, 0.15) is 6.61 Å². The van der Waals surface area contributed by atoms with Crippen molar-refractivity contribution in [3.63, 3.8) is 0 Å². The van der Waals surface area contributed by atoms with Crippen LogP contribution in [0.15, 0.2) is 48.6 Å². The van der Waals surface area contributed by atoms with Gasteiger partial charge in [0, 0.05) is 12.8 Å². The van der Waals surface area contributed by atoms with Gasteiger partial charge in [-0.1, -0.05) is 480 Å². The van der Waals surface area contributed by atoms with Crippen molar-refractivity contribution in [2.24, 2.45) is 0 Å². The van der Waals surface area contributed by atoms with Gasteiger partial charge >= 0.3 is 11.9 Å². The lowest BCUT2D eigenvalue weighted by Gasteiger charge is -2.15. The van der Waals surface area contributed by atoms with Gasteiger partial charge in [0.15, 0.2) is 6.10 Å². The van der Waals surface area contributed by atoms with Crippen molar-refractivity contribution in [1.29, 1.82) is 0 Å². The lowest BCUT2D eigenvalue weighted by atomic mass is 10.0. The third kappa shape index (κ3) is 84.2. The second-order valence-corrected chi connectivity index (χ2v) is 30.0. The number of unbranched alkanes of at least 4 members (excludes halogenated alkanes) is 67. The summed E-state index contributed by atoms with van der Waals surface area (Å²) in [5.74, 6) is -0.559. The van der Waals surface area contributed by atoms with Crippen molar-refractivity contribution in [1.82, 2.24) is 0 Å². The minimum atomic E-state index is -0.770. The third-order valence-electron chi connectivity index (χ3n) is 20.4. The Hall–Kier alpha value is -2.14. The van der Waals surface area contributed by atoms with Gasteiger partial charge in [-0.25, -0.2) is 0 Å². The average Bonchev–Trinajstić information content (AvgIpc) is 3.80. The fraction of sp³-hybridized carbons (Fsp3) is 0.889. The number of carbonyl (C=O) groups is 2. The Morgan fingerprint density at radius 2 is 0.453 bits per heavy atom. The molecule has 0 saturated carbocycles. The molecule has 0 saturated heterocycles. The summed E-state index contributed by atoms with van der Waals surface area (Å²) in [5, 5.41) is 9.75. The maximum Gasteiger partial charge on any atom is 0.306 e. The topological polar surface area (TPSA) is 72.8 Å². The van der Waals surface area contributed by atoms with Gasteiger partial charge in [0.25, 0.3) is 0 Å². The molecule has 1 atom stereocenters. The quantitative estimate of drug-likeness (QED) is 0.0373. The lowest BCUT2D eigenvalue weighted by molar-refractivity contribution is -0.161. The van der Waals surface area contributed by atoms with Crippen molar-refractivity contribution >= 4 is 11.9 Å². The van der Waals surface area contributed by atoms with Crippen LogP contribution in [0.4, 0.5) is 0 Å². The number of aliphatic hydroxyl groups excluding tert-OH is 1. The molecular weight excluding hydrogens is 1160 g/mol. The molecule has 0 aromatic carbocycles. The molecule has 0 aromatic rings. The van der Waals surface area contributed by atoms with Crippen LogP contribution in [0.2, 0.25) is 0 Å². The van der Waals surface area contributed by atoms with E-state index in [9.17, 15) is 14.7 Å². The van der Waals surface area contributed by atoms with Crippen LogP contribution in [0.3, 0.4) is 0 Å². The number of hydrogen-bond donors (Lipinski definition) is 1. The Bertz CT molecular complexity index is 1560. The molecular formula is C90H170O5. The summed E-state index contributed by atoms with van der Waals surface area (Å²) in [5.41, 5.74) is 0. The predicted molar refractivity (Wildman–Crippen MR) is 422 cm³/mol. The second kappa shape index (κ2) is 86.1. The second-order valence-electron chi connectivity index (χ2n) is 30.0. The van der Waals surface area contributed by atoms with Crippen molar-refractivity contribution in [3.05, 3.63) is 48.6 Å². The predicted octanol–water partition coefficient (Wildman–Crippen LogP) is 31.0. The number of carbonyl (C=O) groups excluding carboxylic acids is 2. The van der Waals surface area contributed by atoms with Crippen LogP contribution in [0.1, 0.15) is 495 Å². The largest absolute Gasteiger partial charge is 0.462 e. The number of hydrogen-bond acceptors (Lipinski definition) is 5. The summed E-state index contributed by atoms with van der Waals surface area (Å²) < 4.78 is 10.8. The van der Waals surface area contributed by atoms with Crippen LogP contribution < -0.4 is 0 Å². The molecule has 0 amide bonds. The molecule has 1 unspecified atom stereocenters. The van der Waals surface area contributed by atoms with E-state index in [-0.39, 0.29) is 25.2 Å². The maximum absolute atomic E-state index is 12.4. The first-order valence-electron chi connectivity index (χ1n) is 43.7. The minimum Gasteiger partial charge on any atom is -0.462 e. The molecule has 0 spiro atoms. The number of rotatable bonds is 83. The van der Waals surface area contributed by atoms with Gasteiger partial charge in [0.05, 0.1) is 6.61 Å². The molecule has 5 heteroatoms. The summed E-state index contributed by atoms with van der Waals surface area (Å²) in [6.45, 7) is 4.11. The Kier molecular flexibility index (Phi) is 84.1. The van der Waals surface area contributed by atoms with E-state index in [0.717, 1.165) is 57.8 Å². The minimum absolute atomic E-state index is 0.0575. The summed E-state index contributed by atoms with van der Waals surface area (Å²) >= 11 is 0. The molecule has 560 valence electrons. The van der Waals surface area contributed by atoms with Crippen molar-refractivity contribution in [3.8, 4) is 0 Å². The zero-order chi connectivity index (χ0) is 68.3. The normalized spacial score (nSPS) is 12.3. The van der Waals surface area contributed by atoms with E-state index in [1.54, 1.807) is 0 Å². The lowest BCUT2D eigenvalue weighted by Crippen LogP contribution is -2.28. The highest BCUT2D eigenvalue weighted by Gasteiger charge is 2.16. The molecule has 1 N–H and O–H groups in total. The van der Waals surface area contributed by atoms with Crippen molar-refractivity contribution < 1.29 is 24.2 Å². The Labute approximate surface area is 596 Å². The van der Waals surface area contributed by atoms with Gasteiger partial charge in [-0.3, -0.25) is 9.59 Å². The molecule has 0 aliphatic rings. The first kappa shape index (κ1) is 92.9. The van der Waals surface area contributed by atoms with E-state index in [2.05, 4.69) is 62.5 Å². The fourth-order valence-corrected chi connectivity index (χ4v) is 13.9. The summed E-state index contributed by atoms with van der Waals surface area (Å²) in [4.78, 5) is 24.8. The SMILES string of the molecule is CC/C=C\C/C=C\C/C=C\C/C=C\CCCCCCCCCCCCCCCCCCCCCCCCCCCCCCC(=O)OC(CO)COC(=O)CCCCCCCCCCCCCCCCCCCCCCCCCCCCCCCCCCCCCCCCCC. The molecule has 0 radical (unpaired) electrons. The average molecular weight is 1330 g/mol. The van der Waals surface area contributed by atoms with Gasteiger partial charge < -0.3 is 14.6 Å². The molecule has 95 heavy (non-hydrogen) atoms. The monoisotopic (exact) mass is 1330 g/mol. The first-order valence-corrected chi connectivity index (χ1v) is 43.7. The van der Waals surface area contributed by atoms with Gasteiger partial charge in [-0.05, 0) is 51.4 Å². The zero-order valence-electron chi connectivity index (χ0n) is 64.7. The van der Waals surface area contributed by atoms with E-state index >= 15 is 0 Å².